The second kappa shape index (κ2) is 6.68. The van der Waals surface area contributed by atoms with Crippen molar-refractivity contribution < 1.29 is 14.3 Å². The Labute approximate surface area is 143 Å². The summed E-state index contributed by atoms with van der Waals surface area (Å²) in [5, 5.41) is 14.3. The molecule has 1 aromatic heterocycles. The molecule has 1 amide bonds. The van der Waals surface area contributed by atoms with Crippen LogP contribution in [0.3, 0.4) is 0 Å². The summed E-state index contributed by atoms with van der Waals surface area (Å²) < 4.78 is 13.5. The summed E-state index contributed by atoms with van der Waals surface area (Å²) in [6, 6.07) is 12.4. The van der Waals surface area contributed by atoms with Crippen LogP contribution >= 0.6 is 0 Å². The maximum absolute atomic E-state index is 13.5. The number of fused-ring (bicyclic) bond motifs is 1. The summed E-state index contributed by atoms with van der Waals surface area (Å²) in [7, 11) is 0. The molecule has 3 rings (SSSR count). The van der Waals surface area contributed by atoms with Crippen molar-refractivity contribution in [1.29, 1.82) is 0 Å². The molecule has 0 saturated heterocycles. The van der Waals surface area contributed by atoms with Crippen molar-refractivity contribution in [1.82, 2.24) is 10.4 Å². The van der Waals surface area contributed by atoms with Gasteiger partial charge in [-0.2, -0.15) is 5.10 Å². The van der Waals surface area contributed by atoms with E-state index in [-0.39, 0.29) is 11.3 Å². The van der Waals surface area contributed by atoms with Crippen molar-refractivity contribution in [2.75, 3.05) is 0 Å². The molecule has 0 unspecified atom stereocenters. The molecule has 25 heavy (non-hydrogen) atoms. The number of hydrogen-bond donors (Lipinski definition) is 2. The number of hydrazone groups is 1. The molecule has 0 spiro atoms. The number of nitrogens with zero attached hydrogens (tertiary/aromatic N) is 2. The van der Waals surface area contributed by atoms with Crippen molar-refractivity contribution in [3.8, 4) is 5.75 Å². The summed E-state index contributed by atoms with van der Waals surface area (Å²) in [6.07, 6.45) is 0. The number of rotatable bonds is 3. The van der Waals surface area contributed by atoms with E-state index in [0.717, 1.165) is 0 Å². The summed E-state index contributed by atoms with van der Waals surface area (Å²) in [6.45, 7) is 3.43. The number of para-hydroxylation sites is 1. The summed E-state index contributed by atoms with van der Waals surface area (Å²) in [4.78, 5) is 16.8. The lowest BCUT2D eigenvalue weighted by molar-refractivity contribution is 0.0956. The van der Waals surface area contributed by atoms with E-state index in [1.165, 1.54) is 18.2 Å². The molecule has 6 heteroatoms. The summed E-state index contributed by atoms with van der Waals surface area (Å²) >= 11 is 0. The van der Waals surface area contributed by atoms with Crippen LogP contribution in [-0.2, 0) is 0 Å². The highest BCUT2D eigenvalue weighted by Crippen LogP contribution is 2.20. The van der Waals surface area contributed by atoms with Gasteiger partial charge in [-0.25, -0.2) is 9.82 Å². The number of halogens is 1. The monoisotopic (exact) mass is 337 g/mol. The average Bonchev–Trinajstić information content (AvgIpc) is 2.59. The molecule has 0 atom stereocenters. The Kier molecular flexibility index (Phi) is 4.43. The van der Waals surface area contributed by atoms with Gasteiger partial charge in [0.2, 0.25) is 0 Å². The van der Waals surface area contributed by atoms with Gasteiger partial charge in [0.1, 0.15) is 11.6 Å². The predicted octanol–water partition coefficient (Wildman–Crippen LogP) is 3.54. The average molecular weight is 337 g/mol. The Bertz CT molecular complexity index is 999. The number of carbonyl (C=O) groups excluding carboxylic acids is 1. The van der Waals surface area contributed by atoms with Crippen LogP contribution in [0.4, 0.5) is 4.39 Å². The number of nitrogens with one attached hydrogen (secondary N) is 1. The number of amides is 1. The molecule has 5 nitrogen and oxygen atoms in total. The lowest BCUT2D eigenvalue weighted by atomic mass is 10.1. The van der Waals surface area contributed by atoms with Crippen LogP contribution < -0.4 is 5.43 Å². The van der Waals surface area contributed by atoms with Gasteiger partial charge in [0.25, 0.3) is 5.91 Å². The van der Waals surface area contributed by atoms with Crippen LogP contribution in [0.15, 0.2) is 53.6 Å². The Hall–Kier alpha value is -3.28. The molecule has 0 bridgehead atoms. The van der Waals surface area contributed by atoms with Crippen LogP contribution in [0.2, 0.25) is 0 Å². The minimum absolute atomic E-state index is 0.0743. The van der Waals surface area contributed by atoms with E-state index < -0.39 is 11.7 Å². The molecule has 126 valence electrons. The normalized spacial score (nSPS) is 11.6. The summed E-state index contributed by atoms with van der Waals surface area (Å²) in [5.74, 6) is -0.845. The predicted molar refractivity (Wildman–Crippen MR) is 94.2 cm³/mol. The highest BCUT2D eigenvalue weighted by Gasteiger charge is 2.13. The third kappa shape index (κ3) is 3.47. The molecule has 0 fully saturated rings. The molecule has 0 aliphatic carbocycles. The molecule has 0 aliphatic heterocycles. The molecule has 0 aliphatic rings. The highest BCUT2D eigenvalue weighted by molar-refractivity contribution is 6.07. The highest BCUT2D eigenvalue weighted by atomic mass is 19.1. The topological polar surface area (TPSA) is 74.6 Å². The van der Waals surface area contributed by atoms with Crippen molar-refractivity contribution in [2.24, 2.45) is 5.10 Å². The van der Waals surface area contributed by atoms with E-state index in [9.17, 15) is 14.3 Å². The standard InChI is InChI=1S/C19H16FN3O2/c1-11-9-16(15-10-13(20)7-8-17(15)21-11)19(25)23-22-12(2)14-5-3-4-6-18(14)24/h3-10,24H,1-2H3,(H,23,25)/b22-12+. The maximum Gasteiger partial charge on any atom is 0.272 e. The van der Waals surface area contributed by atoms with Crippen molar-refractivity contribution in [2.45, 2.75) is 13.8 Å². The minimum Gasteiger partial charge on any atom is -0.507 e. The molecule has 0 radical (unpaired) electrons. The Balaban J connectivity index is 1.94. The van der Waals surface area contributed by atoms with Crippen molar-refractivity contribution >= 4 is 22.5 Å². The number of carbonyl (C=O) groups is 1. The molecule has 1 heterocycles. The molecule has 2 aromatic carbocycles. The fourth-order valence-corrected chi connectivity index (χ4v) is 2.55. The van der Waals surface area contributed by atoms with Gasteiger partial charge in [0.15, 0.2) is 0 Å². The van der Waals surface area contributed by atoms with Crippen molar-refractivity contribution in [3.63, 3.8) is 0 Å². The largest absolute Gasteiger partial charge is 0.507 e. The van der Waals surface area contributed by atoms with E-state index in [0.29, 0.717) is 27.9 Å². The first-order chi connectivity index (χ1) is 12.0. The van der Waals surface area contributed by atoms with E-state index in [1.807, 2.05) is 0 Å². The number of phenolic OH excluding ortho intramolecular Hbond substituents is 1. The first-order valence-electron chi connectivity index (χ1n) is 7.65. The van der Waals surface area contributed by atoms with E-state index in [4.69, 9.17) is 0 Å². The van der Waals surface area contributed by atoms with Gasteiger partial charge in [-0.05, 0) is 50.2 Å². The molecule has 2 N–H and O–H groups in total. The summed E-state index contributed by atoms with van der Waals surface area (Å²) in [5.41, 5.74) is 4.89. The Morgan fingerprint density at radius 3 is 2.68 bits per heavy atom. The Morgan fingerprint density at radius 1 is 1.16 bits per heavy atom. The first kappa shape index (κ1) is 16.6. The van der Waals surface area contributed by atoms with Gasteiger partial charge in [0, 0.05) is 16.6 Å². The van der Waals surface area contributed by atoms with Gasteiger partial charge in [-0.15, -0.1) is 0 Å². The number of aromatic nitrogens is 1. The van der Waals surface area contributed by atoms with E-state index in [1.54, 1.807) is 44.2 Å². The van der Waals surface area contributed by atoms with Gasteiger partial charge in [-0.3, -0.25) is 9.78 Å². The van der Waals surface area contributed by atoms with Crippen LogP contribution in [0, 0.1) is 12.7 Å². The number of benzene rings is 2. The molecular weight excluding hydrogens is 321 g/mol. The SMILES string of the molecule is C/C(=N\NC(=O)c1cc(C)nc2ccc(F)cc12)c1ccccc1O. The molecule has 3 aromatic rings. The zero-order valence-electron chi connectivity index (χ0n) is 13.7. The van der Waals surface area contributed by atoms with Crippen molar-refractivity contribution in [3.05, 3.63) is 71.2 Å². The molecule has 0 saturated carbocycles. The Morgan fingerprint density at radius 2 is 1.92 bits per heavy atom. The second-order valence-corrected chi connectivity index (χ2v) is 5.63. The third-order valence-corrected chi connectivity index (χ3v) is 3.76. The van der Waals surface area contributed by atoms with E-state index in [2.05, 4.69) is 15.5 Å². The number of hydrogen-bond acceptors (Lipinski definition) is 4. The van der Waals surface area contributed by atoms with E-state index >= 15 is 0 Å². The number of pyridine rings is 1. The van der Waals surface area contributed by atoms with Gasteiger partial charge >= 0.3 is 0 Å². The minimum atomic E-state index is -0.476. The fraction of sp³-hybridized carbons (Fsp3) is 0.105. The smallest absolute Gasteiger partial charge is 0.272 e. The van der Waals surface area contributed by atoms with Crippen LogP contribution in [0.25, 0.3) is 10.9 Å². The maximum atomic E-state index is 13.5. The van der Waals surface area contributed by atoms with Gasteiger partial charge in [0.05, 0.1) is 16.8 Å². The fourth-order valence-electron chi connectivity index (χ4n) is 2.55. The van der Waals surface area contributed by atoms with Gasteiger partial charge < -0.3 is 5.11 Å². The molecular formula is C19H16FN3O2. The number of aromatic hydroxyl groups is 1. The van der Waals surface area contributed by atoms with Crippen LogP contribution in [-0.4, -0.2) is 21.7 Å². The van der Waals surface area contributed by atoms with Crippen LogP contribution in [0.1, 0.15) is 28.5 Å². The first-order valence-corrected chi connectivity index (χ1v) is 7.65. The second-order valence-electron chi connectivity index (χ2n) is 5.63. The quantitative estimate of drug-likeness (QED) is 0.567. The zero-order valence-corrected chi connectivity index (χ0v) is 13.7. The van der Waals surface area contributed by atoms with Gasteiger partial charge in [-0.1, -0.05) is 12.1 Å². The third-order valence-electron chi connectivity index (χ3n) is 3.76. The lowest BCUT2D eigenvalue weighted by Gasteiger charge is -2.08. The number of aryl methyl sites for hydroxylation is 1. The number of phenols is 1. The van der Waals surface area contributed by atoms with Crippen LogP contribution in [0.5, 0.6) is 5.75 Å². The lowest BCUT2D eigenvalue weighted by Crippen LogP contribution is -2.20. The zero-order chi connectivity index (χ0) is 18.0.